The van der Waals surface area contributed by atoms with Crippen molar-refractivity contribution in [3.05, 3.63) is 0 Å². The third kappa shape index (κ3) is 8.81. The van der Waals surface area contributed by atoms with Gasteiger partial charge in [-0.25, -0.2) is 12.7 Å². The van der Waals surface area contributed by atoms with Crippen LogP contribution in [0.2, 0.25) is 0 Å². The zero-order valence-electron chi connectivity index (χ0n) is 31.9. The van der Waals surface area contributed by atoms with Crippen LogP contribution in [0.1, 0.15) is 149 Å². The Kier molecular flexibility index (Phi) is 13.3. The largest absolute Gasteiger partial charge is 0.350 e. The molecule has 5 aliphatic rings. The molecule has 3 saturated heterocycles. The number of sulfonamides is 1. The maximum atomic E-state index is 14.6. The summed E-state index contributed by atoms with van der Waals surface area (Å²) >= 11 is 0. The van der Waals surface area contributed by atoms with E-state index in [9.17, 15) is 32.4 Å². The van der Waals surface area contributed by atoms with Crippen LogP contribution in [0.3, 0.4) is 0 Å². The van der Waals surface area contributed by atoms with Gasteiger partial charge in [-0.15, -0.1) is 0 Å². The molecule has 2 amide bonds. The van der Waals surface area contributed by atoms with Crippen LogP contribution in [-0.4, -0.2) is 84.8 Å². The van der Waals surface area contributed by atoms with Crippen molar-refractivity contribution in [1.29, 1.82) is 0 Å². The molecule has 10 nitrogen and oxygen atoms in total. The molecule has 3 heterocycles. The zero-order chi connectivity index (χ0) is 37.0. The molecule has 5 rings (SSSR count). The van der Waals surface area contributed by atoms with E-state index in [-0.39, 0.29) is 54.0 Å². The fourth-order valence-electron chi connectivity index (χ4n) is 10.5. The Labute approximate surface area is 307 Å². The van der Waals surface area contributed by atoms with Gasteiger partial charge in [0.05, 0.1) is 11.3 Å². The molecule has 11 heteroatoms. The fourth-order valence-corrected chi connectivity index (χ4v) is 12.6. The highest BCUT2D eigenvalue weighted by Crippen LogP contribution is 2.65. The molecule has 0 bridgehead atoms. The van der Waals surface area contributed by atoms with E-state index < -0.39 is 50.3 Å². The van der Waals surface area contributed by atoms with E-state index in [4.69, 9.17) is 0 Å². The highest BCUT2D eigenvalue weighted by Gasteiger charge is 2.69. The summed E-state index contributed by atoms with van der Waals surface area (Å²) in [6.07, 6.45) is 14.5. The minimum Gasteiger partial charge on any atom is -0.350 e. The lowest BCUT2D eigenvalue weighted by molar-refractivity contribution is -0.146. The molecule has 0 aromatic rings. The van der Waals surface area contributed by atoms with E-state index in [1.54, 1.807) is 11.9 Å². The van der Waals surface area contributed by atoms with Gasteiger partial charge in [0.25, 0.3) is 5.91 Å². The lowest BCUT2D eigenvalue weighted by Crippen LogP contribution is -2.49. The second kappa shape index (κ2) is 16.9. The third-order valence-electron chi connectivity index (χ3n) is 13.7. The van der Waals surface area contributed by atoms with Gasteiger partial charge in [-0.3, -0.25) is 24.0 Å². The SMILES string of the molecule is CCCNC(=O)C(=O)[C@@H]1CCCCCCCCCC[C@H](CC(=O)CC2([C@@H]3CCN(C)S3(=O)=O)CCCCC2)C(=O)N2C[C@H]3[C@@H]([C@H]2C(=O)C1)C3(C)C. The van der Waals surface area contributed by atoms with Crippen molar-refractivity contribution >= 4 is 39.2 Å². The Morgan fingerprint density at radius 2 is 1.47 bits per heavy atom. The number of piperidine rings is 1. The van der Waals surface area contributed by atoms with Crippen LogP contribution in [0, 0.1) is 34.5 Å². The van der Waals surface area contributed by atoms with Crippen molar-refractivity contribution in [3.63, 3.8) is 0 Å². The normalized spacial score (nSPS) is 33.1. The van der Waals surface area contributed by atoms with Gasteiger partial charge in [0.15, 0.2) is 5.78 Å². The van der Waals surface area contributed by atoms with E-state index >= 15 is 0 Å². The molecule has 0 radical (unpaired) electrons. The number of ketones is 3. The minimum atomic E-state index is -3.49. The van der Waals surface area contributed by atoms with Crippen LogP contribution in [0.4, 0.5) is 0 Å². The number of hydrogen-bond acceptors (Lipinski definition) is 7. The number of nitrogens with zero attached hydrogens (tertiary/aromatic N) is 2. The number of carbonyl (C=O) groups is 5. The maximum absolute atomic E-state index is 14.6. The highest BCUT2D eigenvalue weighted by atomic mass is 32.2. The van der Waals surface area contributed by atoms with Crippen LogP contribution in [0.5, 0.6) is 0 Å². The predicted molar refractivity (Wildman–Crippen MR) is 197 cm³/mol. The van der Waals surface area contributed by atoms with Crippen molar-refractivity contribution in [2.24, 2.45) is 34.5 Å². The molecule has 3 aliphatic heterocycles. The van der Waals surface area contributed by atoms with Crippen LogP contribution >= 0.6 is 0 Å². The van der Waals surface area contributed by atoms with Crippen LogP contribution in [0.15, 0.2) is 0 Å². The fraction of sp³-hybridized carbons (Fsp3) is 0.875. The maximum Gasteiger partial charge on any atom is 0.287 e. The van der Waals surface area contributed by atoms with Crippen molar-refractivity contribution in [1.82, 2.24) is 14.5 Å². The first-order valence-corrected chi connectivity index (χ1v) is 21.9. The van der Waals surface area contributed by atoms with Gasteiger partial charge >= 0.3 is 0 Å². The zero-order valence-corrected chi connectivity index (χ0v) is 32.7. The van der Waals surface area contributed by atoms with E-state index in [0.717, 1.165) is 70.6 Å². The van der Waals surface area contributed by atoms with Gasteiger partial charge in [0.2, 0.25) is 21.7 Å². The van der Waals surface area contributed by atoms with Gasteiger partial charge < -0.3 is 10.2 Å². The minimum absolute atomic E-state index is 0.00729. The average molecular weight is 732 g/mol. The van der Waals surface area contributed by atoms with E-state index in [1.165, 1.54) is 4.31 Å². The summed E-state index contributed by atoms with van der Waals surface area (Å²) in [5.74, 6) is -2.60. The number of rotatable bonds is 9. The standard InChI is InChI=1S/C40H65N3O7S/c1-5-22-41-37(47)36(46)28-17-13-10-8-6-7-9-11-14-18-29(38(48)43-27-31-34(39(31,2)3)35(43)32(45)25-28)24-30(44)26-40(20-15-12-16-21-40)33-19-23-42(4)51(33,49)50/h28-29,31,33-35H,5-27H2,1-4H3,(H,41,47)/t28-,29-,31+,33+,34+,35-/m1/s1. The second-order valence-electron chi connectivity index (χ2n) is 17.5. The molecule has 2 saturated carbocycles. The van der Waals surface area contributed by atoms with Gasteiger partial charge in [0, 0.05) is 57.8 Å². The number of hydrogen-bond donors (Lipinski definition) is 1. The summed E-state index contributed by atoms with van der Waals surface area (Å²) in [6, 6.07) is -0.663. The summed E-state index contributed by atoms with van der Waals surface area (Å²) in [6.45, 7) is 7.55. The topological polar surface area (TPSA) is 138 Å². The van der Waals surface area contributed by atoms with E-state index in [2.05, 4.69) is 19.2 Å². The molecule has 288 valence electrons. The van der Waals surface area contributed by atoms with Crippen molar-refractivity contribution in [2.45, 2.75) is 160 Å². The number of fused-ring (bicyclic) bond motifs is 3. The first kappa shape index (κ1) is 40.1. The lowest BCUT2D eigenvalue weighted by Gasteiger charge is -2.41. The predicted octanol–water partition coefficient (Wildman–Crippen LogP) is 6.00. The Morgan fingerprint density at radius 1 is 0.863 bits per heavy atom. The smallest absolute Gasteiger partial charge is 0.287 e. The Bertz CT molecular complexity index is 1400. The summed E-state index contributed by atoms with van der Waals surface area (Å²) in [7, 11) is -1.86. The van der Waals surface area contributed by atoms with Gasteiger partial charge in [-0.2, -0.15) is 0 Å². The van der Waals surface area contributed by atoms with Crippen LogP contribution in [0.25, 0.3) is 0 Å². The molecule has 0 unspecified atom stereocenters. The quantitative estimate of drug-likeness (QED) is 0.287. The van der Waals surface area contributed by atoms with E-state index in [0.29, 0.717) is 58.2 Å². The summed E-state index contributed by atoms with van der Waals surface area (Å²) in [4.78, 5) is 71.1. The number of carbonyl (C=O) groups excluding carboxylic acids is 5. The number of Topliss-reactive ketones (excluding diaryl/α,β-unsaturated/α-hetero) is 3. The monoisotopic (exact) mass is 731 g/mol. The van der Waals surface area contributed by atoms with Crippen molar-refractivity contribution in [3.8, 4) is 0 Å². The van der Waals surface area contributed by atoms with Gasteiger partial charge in [-0.05, 0) is 61.2 Å². The molecule has 1 N–H and O–H groups in total. The van der Waals surface area contributed by atoms with Gasteiger partial charge in [-0.1, -0.05) is 91.4 Å². The molecule has 0 aromatic carbocycles. The number of amides is 2. The summed E-state index contributed by atoms with van der Waals surface area (Å²) in [5.41, 5.74) is -0.700. The van der Waals surface area contributed by atoms with E-state index in [1.807, 2.05) is 6.92 Å². The number of nitrogens with one attached hydrogen (secondary N) is 1. The highest BCUT2D eigenvalue weighted by molar-refractivity contribution is 7.90. The molecule has 0 aromatic heterocycles. The lowest BCUT2D eigenvalue weighted by atomic mass is 9.67. The van der Waals surface area contributed by atoms with Crippen molar-refractivity contribution in [2.75, 3.05) is 26.7 Å². The van der Waals surface area contributed by atoms with Gasteiger partial charge in [0.1, 0.15) is 5.78 Å². The Morgan fingerprint density at radius 3 is 2.08 bits per heavy atom. The van der Waals surface area contributed by atoms with Crippen LogP contribution in [-0.2, 0) is 34.0 Å². The molecular weight excluding hydrogens is 667 g/mol. The molecule has 5 fully saturated rings. The molecule has 6 atom stereocenters. The first-order valence-electron chi connectivity index (χ1n) is 20.4. The second-order valence-corrected chi connectivity index (χ2v) is 19.7. The first-order chi connectivity index (χ1) is 24.2. The third-order valence-corrected chi connectivity index (χ3v) is 16.2. The molecule has 51 heavy (non-hydrogen) atoms. The van der Waals surface area contributed by atoms with Crippen molar-refractivity contribution < 1.29 is 32.4 Å². The summed E-state index contributed by atoms with van der Waals surface area (Å²) < 4.78 is 28.3. The Hall–Kier alpha value is -2.14. The summed E-state index contributed by atoms with van der Waals surface area (Å²) in [5, 5.41) is 2.14. The molecule has 0 spiro atoms. The average Bonchev–Trinajstić information content (AvgIpc) is 3.34. The van der Waals surface area contributed by atoms with Crippen LogP contribution < -0.4 is 5.32 Å². The molecule has 2 aliphatic carbocycles. The Balaban J connectivity index is 1.38. The molecular formula is C40H65N3O7S.